The van der Waals surface area contributed by atoms with Crippen molar-refractivity contribution in [1.82, 2.24) is 9.88 Å². The van der Waals surface area contributed by atoms with Gasteiger partial charge in [0.1, 0.15) is 0 Å². The number of nitrogens with one attached hydrogen (secondary N) is 1. The molecule has 0 bridgehead atoms. The lowest BCUT2D eigenvalue weighted by molar-refractivity contribution is 0.870. The highest BCUT2D eigenvalue weighted by Gasteiger charge is 2.02. The van der Waals surface area contributed by atoms with E-state index in [-0.39, 0.29) is 0 Å². The molecular formula is C17H27N3. The Bertz CT molecular complexity index is 476. The lowest BCUT2D eigenvalue weighted by Gasteiger charge is -2.03. The predicted molar refractivity (Wildman–Crippen MR) is 90.4 cm³/mol. The minimum atomic E-state index is 0.983. The van der Waals surface area contributed by atoms with Gasteiger partial charge in [-0.2, -0.15) is 0 Å². The van der Waals surface area contributed by atoms with E-state index in [0.717, 1.165) is 18.0 Å². The van der Waals surface area contributed by atoms with Gasteiger partial charge in [-0.05, 0) is 46.0 Å². The summed E-state index contributed by atoms with van der Waals surface area (Å²) in [7, 11) is 3.97. The van der Waals surface area contributed by atoms with Crippen molar-refractivity contribution < 1.29 is 0 Å². The number of likely N-dealkylation sites (N-methyl/N-ethyl adjacent to an activating group) is 1. The van der Waals surface area contributed by atoms with E-state index in [1.54, 1.807) is 12.3 Å². The summed E-state index contributed by atoms with van der Waals surface area (Å²) in [6.45, 7) is 10.7. The molecule has 1 heterocycles. The maximum absolute atomic E-state index is 4.30. The molecular weight excluding hydrogens is 246 g/mol. The Kier molecular flexibility index (Phi) is 9.97. The van der Waals surface area contributed by atoms with Crippen LogP contribution >= 0.6 is 0 Å². The first kappa shape index (κ1) is 18.1. The largest absolute Gasteiger partial charge is 0.347 e. The van der Waals surface area contributed by atoms with Crippen LogP contribution in [0.4, 0.5) is 0 Å². The van der Waals surface area contributed by atoms with Crippen molar-refractivity contribution in [3.63, 3.8) is 0 Å². The molecule has 3 heteroatoms. The second-order valence-corrected chi connectivity index (χ2v) is 4.34. The molecule has 0 fully saturated rings. The Morgan fingerprint density at radius 3 is 2.55 bits per heavy atom. The van der Waals surface area contributed by atoms with Gasteiger partial charge >= 0.3 is 0 Å². The fourth-order valence-electron chi connectivity index (χ4n) is 1.49. The van der Waals surface area contributed by atoms with Gasteiger partial charge in [0.2, 0.25) is 0 Å². The lowest BCUT2D eigenvalue weighted by atomic mass is 10.3. The molecule has 0 aliphatic heterocycles. The number of aliphatic imine (C=N–C) groups is 1. The third kappa shape index (κ3) is 6.90. The second-order valence-electron chi connectivity index (χ2n) is 4.34. The van der Waals surface area contributed by atoms with Gasteiger partial charge < -0.3 is 9.88 Å². The first-order valence-corrected chi connectivity index (χ1v) is 6.78. The van der Waals surface area contributed by atoms with Crippen LogP contribution in [0.15, 0.2) is 54.2 Å². The van der Waals surface area contributed by atoms with Crippen LogP contribution in [0.3, 0.4) is 0 Å². The maximum atomic E-state index is 4.30. The van der Waals surface area contributed by atoms with E-state index in [1.165, 1.54) is 5.69 Å². The maximum Gasteiger partial charge on any atom is 0.0621 e. The standard InChI is InChI=1S/C12H16N2.C5H11N/c1-5-6-9-13-11(3)12-8-7-10(2)14(12)4;1-3-4-5-6-2/h5-9H,1H2,2-4H3;3-4,6H,5H2,1-2H3/b9-6+,13-11?;4-3-. The van der Waals surface area contributed by atoms with Crippen LogP contribution in [0.5, 0.6) is 0 Å². The van der Waals surface area contributed by atoms with Gasteiger partial charge in [0, 0.05) is 25.5 Å². The van der Waals surface area contributed by atoms with E-state index in [4.69, 9.17) is 0 Å². The summed E-state index contributed by atoms with van der Waals surface area (Å²) in [5.74, 6) is 0. The number of hydrogen-bond acceptors (Lipinski definition) is 2. The van der Waals surface area contributed by atoms with Crippen molar-refractivity contribution in [2.24, 2.45) is 12.0 Å². The zero-order chi connectivity index (χ0) is 15.4. The average Bonchev–Trinajstić information content (AvgIpc) is 2.78. The van der Waals surface area contributed by atoms with Crippen molar-refractivity contribution in [2.75, 3.05) is 13.6 Å². The molecule has 0 spiro atoms. The van der Waals surface area contributed by atoms with Crippen molar-refractivity contribution in [3.05, 3.63) is 60.6 Å². The fraction of sp³-hybridized carbons (Fsp3) is 0.353. The Morgan fingerprint density at radius 1 is 1.45 bits per heavy atom. The number of allylic oxidation sites excluding steroid dienone is 3. The van der Waals surface area contributed by atoms with Crippen LogP contribution in [0.2, 0.25) is 0 Å². The number of hydrogen-bond donors (Lipinski definition) is 1. The SMILES string of the molecule is C/C=C\CNC.C=C/C=C/N=C(C)c1ccc(C)n1C. The number of aryl methyl sites for hydroxylation is 1. The molecule has 0 atom stereocenters. The van der Waals surface area contributed by atoms with E-state index in [9.17, 15) is 0 Å². The molecule has 3 nitrogen and oxygen atoms in total. The average molecular weight is 273 g/mol. The van der Waals surface area contributed by atoms with Gasteiger partial charge in [0.05, 0.1) is 11.4 Å². The molecule has 1 rings (SSSR count). The van der Waals surface area contributed by atoms with E-state index < -0.39 is 0 Å². The summed E-state index contributed by atoms with van der Waals surface area (Å²) in [4.78, 5) is 4.30. The predicted octanol–water partition coefficient (Wildman–Crippen LogP) is 3.62. The first-order chi connectivity index (χ1) is 9.58. The monoisotopic (exact) mass is 273 g/mol. The molecule has 1 aromatic rings. The second kappa shape index (κ2) is 11.0. The lowest BCUT2D eigenvalue weighted by Crippen LogP contribution is -2.03. The van der Waals surface area contributed by atoms with Crippen LogP contribution in [0, 0.1) is 6.92 Å². The number of nitrogens with zero attached hydrogens (tertiary/aromatic N) is 2. The zero-order valence-corrected chi connectivity index (χ0v) is 13.4. The van der Waals surface area contributed by atoms with E-state index >= 15 is 0 Å². The third-order valence-electron chi connectivity index (χ3n) is 2.79. The minimum Gasteiger partial charge on any atom is -0.347 e. The van der Waals surface area contributed by atoms with E-state index in [0.29, 0.717) is 0 Å². The first-order valence-electron chi connectivity index (χ1n) is 6.78. The van der Waals surface area contributed by atoms with Gasteiger partial charge in [-0.15, -0.1) is 0 Å². The summed E-state index contributed by atoms with van der Waals surface area (Å²) in [6.07, 6.45) is 9.38. The van der Waals surface area contributed by atoms with Crippen molar-refractivity contribution in [1.29, 1.82) is 0 Å². The highest BCUT2D eigenvalue weighted by atomic mass is 15.0. The molecule has 0 saturated heterocycles. The van der Waals surface area contributed by atoms with Gasteiger partial charge in [0.25, 0.3) is 0 Å². The van der Waals surface area contributed by atoms with Crippen LogP contribution in [0.25, 0.3) is 0 Å². The normalized spacial score (nSPS) is 11.8. The summed E-state index contributed by atoms with van der Waals surface area (Å²) < 4.78 is 2.13. The Labute approximate surface area is 123 Å². The summed E-state index contributed by atoms with van der Waals surface area (Å²) in [5, 5.41) is 2.98. The highest BCUT2D eigenvalue weighted by Crippen LogP contribution is 2.07. The van der Waals surface area contributed by atoms with Crippen LogP contribution in [0.1, 0.15) is 25.2 Å². The molecule has 1 N–H and O–H groups in total. The molecule has 0 aromatic carbocycles. The van der Waals surface area contributed by atoms with Gasteiger partial charge in [0.15, 0.2) is 0 Å². The zero-order valence-electron chi connectivity index (χ0n) is 13.4. The van der Waals surface area contributed by atoms with E-state index in [1.807, 2.05) is 40.1 Å². The van der Waals surface area contributed by atoms with Crippen LogP contribution < -0.4 is 5.32 Å². The fourth-order valence-corrected chi connectivity index (χ4v) is 1.49. The third-order valence-corrected chi connectivity index (χ3v) is 2.79. The van der Waals surface area contributed by atoms with Gasteiger partial charge in [-0.25, -0.2) is 0 Å². The summed E-state index contributed by atoms with van der Waals surface area (Å²) >= 11 is 0. The molecule has 0 radical (unpaired) electrons. The molecule has 0 aliphatic rings. The molecule has 0 saturated carbocycles. The van der Waals surface area contributed by atoms with Crippen LogP contribution in [-0.4, -0.2) is 23.9 Å². The minimum absolute atomic E-state index is 0.983. The highest BCUT2D eigenvalue weighted by molar-refractivity contribution is 5.97. The van der Waals surface area contributed by atoms with Crippen molar-refractivity contribution in [3.8, 4) is 0 Å². The molecule has 1 aromatic heterocycles. The summed E-state index contributed by atoms with van der Waals surface area (Å²) in [6, 6.07) is 4.17. The van der Waals surface area contributed by atoms with Gasteiger partial charge in [-0.1, -0.05) is 24.8 Å². The topological polar surface area (TPSA) is 29.3 Å². The number of aromatic nitrogens is 1. The van der Waals surface area contributed by atoms with Gasteiger partial charge in [-0.3, -0.25) is 4.99 Å². The molecule has 0 aliphatic carbocycles. The molecule has 110 valence electrons. The number of rotatable bonds is 5. The molecule has 0 amide bonds. The quantitative estimate of drug-likeness (QED) is 0.495. The smallest absolute Gasteiger partial charge is 0.0621 e. The Hall–Kier alpha value is -1.87. The Morgan fingerprint density at radius 2 is 2.15 bits per heavy atom. The molecule has 0 unspecified atom stereocenters. The summed E-state index contributed by atoms with van der Waals surface area (Å²) in [5.41, 5.74) is 3.40. The molecule has 20 heavy (non-hydrogen) atoms. The van der Waals surface area contributed by atoms with E-state index in [2.05, 4.69) is 46.6 Å². The van der Waals surface area contributed by atoms with Crippen LogP contribution in [-0.2, 0) is 7.05 Å². The van der Waals surface area contributed by atoms with Crippen molar-refractivity contribution in [2.45, 2.75) is 20.8 Å². The Balaban J connectivity index is 0.000000511. The van der Waals surface area contributed by atoms with Crippen molar-refractivity contribution >= 4 is 5.71 Å².